The zero-order chi connectivity index (χ0) is 14.2. The Bertz CT molecular complexity index is 630. The lowest BCUT2D eigenvalue weighted by molar-refractivity contribution is -0.117. The van der Waals surface area contributed by atoms with Gasteiger partial charge in [0.15, 0.2) is 0 Å². The number of anilines is 1. The van der Waals surface area contributed by atoms with Crippen molar-refractivity contribution in [3.63, 3.8) is 0 Å². The van der Waals surface area contributed by atoms with E-state index in [9.17, 15) is 4.79 Å². The molecule has 0 radical (unpaired) electrons. The fourth-order valence-electron chi connectivity index (χ4n) is 2.99. The van der Waals surface area contributed by atoms with Gasteiger partial charge >= 0.3 is 0 Å². The number of hydrogen-bond acceptors (Lipinski definition) is 5. The van der Waals surface area contributed by atoms with Gasteiger partial charge in [0, 0.05) is 44.4 Å². The molecular formula is C14H17N5O2. The molecule has 0 saturated carbocycles. The van der Waals surface area contributed by atoms with Crippen LogP contribution in [0.25, 0.3) is 0 Å². The largest absolute Gasteiger partial charge is 0.364 e. The summed E-state index contributed by atoms with van der Waals surface area (Å²) in [4.78, 5) is 15.9. The molecule has 2 aromatic heterocycles. The first-order valence-electron chi connectivity index (χ1n) is 7.25. The molecule has 0 unspecified atom stereocenters. The molecule has 4 rings (SSSR count). The highest BCUT2D eigenvalue weighted by molar-refractivity contribution is 5.95. The van der Waals surface area contributed by atoms with Crippen molar-refractivity contribution >= 4 is 11.6 Å². The van der Waals surface area contributed by atoms with E-state index in [0.717, 1.165) is 43.9 Å². The minimum absolute atomic E-state index is 0.206. The van der Waals surface area contributed by atoms with Gasteiger partial charge in [-0.25, -0.2) is 0 Å². The number of carbonyl (C=O) groups is 1. The van der Waals surface area contributed by atoms with Crippen LogP contribution in [0.15, 0.2) is 29.4 Å². The molecule has 4 heterocycles. The monoisotopic (exact) mass is 287 g/mol. The minimum atomic E-state index is 0.206. The standard InChI is InChI=1S/C14H17N5O2/c20-14-2-1-3-18(14)12-5-15-19(9-12)13-7-17(8-13)6-11-4-16-21-10-11/h4-5,9-10,13H,1-3,6-8H2. The van der Waals surface area contributed by atoms with Crippen LogP contribution in [-0.4, -0.2) is 45.4 Å². The first-order chi connectivity index (χ1) is 10.3. The van der Waals surface area contributed by atoms with Crippen LogP contribution in [0.1, 0.15) is 24.4 Å². The number of nitrogens with zero attached hydrogens (tertiary/aromatic N) is 5. The van der Waals surface area contributed by atoms with Crippen molar-refractivity contribution in [2.24, 2.45) is 0 Å². The summed E-state index contributed by atoms with van der Waals surface area (Å²) >= 11 is 0. The van der Waals surface area contributed by atoms with Crippen molar-refractivity contribution in [3.8, 4) is 0 Å². The highest BCUT2D eigenvalue weighted by atomic mass is 16.5. The van der Waals surface area contributed by atoms with E-state index >= 15 is 0 Å². The number of hydrogen-bond donors (Lipinski definition) is 0. The van der Waals surface area contributed by atoms with Crippen LogP contribution in [0, 0.1) is 0 Å². The van der Waals surface area contributed by atoms with Crippen LogP contribution in [0.5, 0.6) is 0 Å². The SMILES string of the molecule is O=C1CCCN1c1cnn(C2CN(Cc3cnoc3)C2)c1. The van der Waals surface area contributed by atoms with Gasteiger partial charge in [0.05, 0.1) is 24.1 Å². The maximum atomic E-state index is 11.7. The van der Waals surface area contributed by atoms with E-state index in [0.29, 0.717) is 12.5 Å². The summed E-state index contributed by atoms with van der Waals surface area (Å²) in [6.07, 6.45) is 8.81. The highest BCUT2D eigenvalue weighted by Gasteiger charge is 2.30. The second-order valence-corrected chi connectivity index (χ2v) is 5.71. The molecule has 0 aliphatic carbocycles. The predicted octanol–water partition coefficient (Wildman–Crippen LogP) is 1.05. The van der Waals surface area contributed by atoms with E-state index in [1.807, 2.05) is 15.8 Å². The van der Waals surface area contributed by atoms with Gasteiger partial charge < -0.3 is 9.42 Å². The highest BCUT2D eigenvalue weighted by Crippen LogP contribution is 2.26. The lowest BCUT2D eigenvalue weighted by Gasteiger charge is -2.38. The first-order valence-corrected chi connectivity index (χ1v) is 7.25. The Hall–Kier alpha value is -2.15. The summed E-state index contributed by atoms with van der Waals surface area (Å²) in [7, 11) is 0. The van der Waals surface area contributed by atoms with Crippen molar-refractivity contribution in [3.05, 3.63) is 30.4 Å². The van der Waals surface area contributed by atoms with Crippen LogP contribution in [0.3, 0.4) is 0 Å². The van der Waals surface area contributed by atoms with Crippen molar-refractivity contribution in [2.45, 2.75) is 25.4 Å². The van der Waals surface area contributed by atoms with Gasteiger partial charge in [-0.15, -0.1) is 0 Å². The lowest BCUT2D eigenvalue weighted by atomic mass is 10.1. The fraction of sp³-hybridized carbons (Fsp3) is 0.500. The molecule has 0 bridgehead atoms. The third kappa shape index (κ3) is 2.33. The quantitative estimate of drug-likeness (QED) is 0.841. The van der Waals surface area contributed by atoms with E-state index < -0.39 is 0 Å². The lowest BCUT2D eigenvalue weighted by Crippen LogP contribution is -2.47. The summed E-state index contributed by atoms with van der Waals surface area (Å²) in [5.74, 6) is 0.206. The Kier molecular flexibility index (Phi) is 2.99. The van der Waals surface area contributed by atoms with Crippen molar-refractivity contribution in [1.82, 2.24) is 19.8 Å². The third-order valence-corrected chi connectivity index (χ3v) is 4.17. The number of rotatable bonds is 4. The molecule has 7 nitrogen and oxygen atoms in total. The van der Waals surface area contributed by atoms with Crippen LogP contribution < -0.4 is 4.90 Å². The van der Waals surface area contributed by atoms with Crippen LogP contribution in [0.4, 0.5) is 5.69 Å². The Morgan fingerprint density at radius 1 is 1.33 bits per heavy atom. The maximum absolute atomic E-state index is 11.7. The van der Waals surface area contributed by atoms with Gasteiger partial charge in [0.1, 0.15) is 6.26 Å². The molecule has 0 N–H and O–H groups in total. The van der Waals surface area contributed by atoms with Gasteiger partial charge in [0.25, 0.3) is 0 Å². The Morgan fingerprint density at radius 2 is 2.24 bits per heavy atom. The van der Waals surface area contributed by atoms with Gasteiger partial charge in [0.2, 0.25) is 5.91 Å². The second kappa shape index (κ2) is 5.00. The molecule has 1 amide bonds. The van der Waals surface area contributed by atoms with Crippen LogP contribution >= 0.6 is 0 Å². The average molecular weight is 287 g/mol. The summed E-state index contributed by atoms with van der Waals surface area (Å²) in [6.45, 7) is 3.59. The van der Waals surface area contributed by atoms with E-state index in [1.165, 1.54) is 0 Å². The van der Waals surface area contributed by atoms with Crippen molar-refractivity contribution in [2.75, 3.05) is 24.5 Å². The molecule has 0 aromatic carbocycles. The second-order valence-electron chi connectivity index (χ2n) is 5.71. The molecule has 0 atom stereocenters. The number of aromatic nitrogens is 3. The van der Waals surface area contributed by atoms with Crippen LogP contribution in [0.2, 0.25) is 0 Å². The smallest absolute Gasteiger partial charge is 0.227 e. The average Bonchev–Trinajstić information content (AvgIpc) is 3.14. The molecule has 2 aromatic rings. The summed E-state index contributed by atoms with van der Waals surface area (Å²) in [5, 5.41) is 8.12. The van der Waals surface area contributed by atoms with E-state index in [2.05, 4.69) is 15.2 Å². The van der Waals surface area contributed by atoms with Gasteiger partial charge in [-0.1, -0.05) is 5.16 Å². The minimum Gasteiger partial charge on any atom is -0.364 e. The number of carbonyl (C=O) groups excluding carboxylic acids is 1. The normalized spacial score (nSPS) is 20.2. The Balaban J connectivity index is 1.36. The molecule has 110 valence electrons. The zero-order valence-electron chi connectivity index (χ0n) is 11.7. The molecule has 2 aliphatic rings. The molecule has 21 heavy (non-hydrogen) atoms. The topological polar surface area (TPSA) is 67.4 Å². The van der Waals surface area contributed by atoms with E-state index in [4.69, 9.17) is 4.52 Å². The van der Waals surface area contributed by atoms with E-state index in [1.54, 1.807) is 18.7 Å². The summed E-state index contributed by atoms with van der Waals surface area (Å²) < 4.78 is 6.81. The van der Waals surface area contributed by atoms with Crippen molar-refractivity contribution in [1.29, 1.82) is 0 Å². The summed E-state index contributed by atoms with van der Waals surface area (Å²) in [6, 6.07) is 0.385. The number of likely N-dealkylation sites (tertiary alicyclic amines) is 1. The molecule has 2 saturated heterocycles. The summed E-state index contributed by atoms with van der Waals surface area (Å²) in [5.41, 5.74) is 2.02. The number of amides is 1. The molecular weight excluding hydrogens is 270 g/mol. The Labute approximate surface area is 122 Å². The molecule has 2 fully saturated rings. The first kappa shape index (κ1) is 12.6. The van der Waals surface area contributed by atoms with Gasteiger partial charge in [-0.3, -0.25) is 14.4 Å². The third-order valence-electron chi connectivity index (χ3n) is 4.17. The predicted molar refractivity (Wildman–Crippen MR) is 74.6 cm³/mol. The van der Waals surface area contributed by atoms with E-state index in [-0.39, 0.29) is 5.91 Å². The Morgan fingerprint density at radius 3 is 2.95 bits per heavy atom. The van der Waals surface area contributed by atoms with Gasteiger partial charge in [-0.05, 0) is 6.42 Å². The molecule has 2 aliphatic heterocycles. The molecule has 7 heteroatoms. The van der Waals surface area contributed by atoms with Gasteiger partial charge in [-0.2, -0.15) is 5.10 Å². The van der Waals surface area contributed by atoms with Crippen molar-refractivity contribution < 1.29 is 9.32 Å². The fourth-order valence-corrected chi connectivity index (χ4v) is 2.99. The van der Waals surface area contributed by atoms with Crippen LogP contribution in [-0.2, 0) is 11.3 Å². The zero-order valence-corrected chi connectivity index (χ0v) is 11.7. The maximum Gasteiger partial charge on any atom is 0.227 e. The molecule has 0 spiro atoms.